The van der Waals surface area contributed by atoms with Crippen LogP contribution in [0.4, 0.5) is 0 Å². The highest BCUT2D eigenvalue weighted by atomic mass is 32.1. The van der Waals surface area contributed by atoms with E-state index in [0.29, 0.717) is 10.4 Å². The average Bonchev–Trinajstić information content (AvgIpc) is 2.91. The van der Waals surface area contributed by atoms with Gasteiger partial charge in [0.1, 0.15) is 4.88 Å². The Morgan fingerprint density at radius 2 is 2.06 bits per heavy atom. The molecule has 0 radical (unpaired) electrons. The molecule has 1 aromatic carbocycles. The predicted octanol–water partition coefficient (Wildman–Crippen LogP) is 2.32. The van der Waals surface area contributed by atoms with Gasteiger partial charge in [0.2, 0.25) is 5.78 Å². The number of carbonyl (C=O) groups is 1. The van der Waals surface area contributed by atoms with Gasteiger partial charge in [-0.2, -0.15) is 0 Å². The van der Waals surface area contributed by atoms with E-state index in [2.05, 4.69) is 14.6 Å². The van der Waals surface area contributed by atoms with Crippen LogP contribution < -0.4 is 0 Å². The number of benzene rings is 1. The summed E-state index contributed by atoms with van der Waals surface area (Å²) in [6.45, 7) is 0. The first-order valence-electron chi connectivity index (χ1n) is 5.01. The Kier molecular flexibility index (Phi) is 2.38. The molecular formula is C12H7N3OS. The highest BCUT2D eigenvalue weighted by Gasteiger charge is 2.12. The van der Waals surface area contributed by atoms with Gasteiger partial charge in [0.25, 0.3) is 0 Å². The zero-order chi connectivity index (χ0) is 11.7. The minimum absolute atomic E-state index is 0.0850. The van der Waals surface area contributed by atoms with Gasteiger partial charge in [-0.25, -0.2) is 0 Å². The molecule has 2 heterocycles. The Morgan fingerprint density at radius 3 is 2.88 bits per heavy atom. The van der Waals surface area contributed by atoms with E-state index in [0.717, 1.165) is 22.4 Å². The number of ketones is 1. The number of rotatable bonds is 2. The highest BCUT2D eigenvalue weighted by Crippen LogP contribution is 2.16. The summed E-state index contributed by atoms with van der Waals surface area (Å²) < 4.78 is 3.68. The van der Waals surface area contributed by atoms with Gasteiger partial charge in [0, 0.05) is 17.1 Å². The van der Waals surface area contributed by atoms with Crippen molar-refractivity contribution in [1.82, 2.24) is 14.6 Å². The molecule has 0 N–H and O–H groups in total. The Balaban J connectivity index is 2.09. The van der Waals surface area contributed by atoms with Crippen LogP contribution in [0.15, 0.2) is 42.7 Å². The molecule has 0 aliphatic heterocycles. The zero-order valence-corrected chi connectivity index (χ0v) is 9.52. The number of carbonyl (C=O) groups excluding carboxylic acids is 1. The van der Waals surface area contributed by atoms with Crippen LogP contribution in [0, 0.1) is 0 Å². The van der Waals surface area contributed by atoms with Crippen molar-refractivity contribution >= 4 is 28.2 Å². The quantitative estimate of drug-likeness (QED) is 0.646. The van der Waals surface area contributed by atoms with Gasteiger partial charge < -0.3 is 0 Å². The molecule has 0 unspecified atom stereocenters. The molecule has 0 aliphatic carbocycles. The van der Waals surface area contributed by atoms with Crippen LogP contribution in [0.2, 0.25) is 0 Å². The molecule has 5 heteroatoms. The first-order chi connectivity index (χ1) is 8.34. The van der Waals surface area contributed by atoms with Gasteiger partial charge in [-0.1, -0.05) is 22.7 Å². The van der Waals surface area contributed by atoms with Gasteiger partial charge >= 0.3 is 0 Å². The molecule has 0 atom stereocenters. The zero-order valence-electron chi connectivity index (χ0n) is 8.70. The summed E-state index contributed by atoms with van der Waals surface area (Å²) in [5, 5.41) is 4.61. The molecule has 0 fully saturated rings. The molecule has 0 spiro atoms. The number of nitrogens with zero attached hydrogens (tertiary/aromatic N) is 3. The Bertz CT molecular complexity index is 679. The lowest BCUT2D eigenvalue weighted by Gasteiger charge is -1.99. The molecule has 3 aromatic rings. The maximum Gasteiger partial charge on any atom is 0.207 e. The minimum atomic E-state index is -0.0850. The predicted molar refractivity (Wildman–Crippen MR) is 65.1 cm³/mol. The fraction of sp³-hybridized carbons (Fsp3) is 0. The SMILES string of the molecule is O=C(c1cnc2ccccc2c1)c1cnns1. The summed E-state index contributed by atoms with van der Waals surface area (Å²) in [5.74, 6) is -0.0850. The van der Waals surface area contributed by atoms with E-state index in [4.69, 9.17) is 0 Å². The standard InChI is InChI=1S/C12H7N3OS/c16-12(11-7-14-15-17-11)9-5-8-3-1-2-4-10(8)13-6-9/h1-7H. The Hall–Kier alpha value is -2.14. The van der Waals surface area contributed by atoms with Crippen molar-refractivity contribution in [3.63, 3.8) is 0 Å². The fourth-order valence-corrected chi connectivity index (χ4v) is 2.08. The van der Waals surface area contributed by atoms with Crippen molar-refractivity contribution in [2.75, 3.05) is 0 Å². The molecule has 4 nitrogen and oxygen atoms in total. The summed E-state index contributed by atoms with van der Waals surface area (Å²) in [6, 6.07) is 9.53. The van der Waals surface area contributed by atoms with E-state index in [1.54, 1.807) is 6.20 Å². The second-order valence-electron chi connectivity index (χ2n) is 3.53. The molecule has 0 aliphatic rings. The second-order valence-corrected chi connectivity index (χ2v) is 4.31. The van der Waals surface area contributed by atoms with E-state index in [1.165, 1.54) is 6.20 Å². The van der Waals surface area contributed by atoms with Crippen LogP contribution in [-0.2, 0) is 0 Å². The van der Waals surface area contributed by atoms with Crippen molar-refractivity contribution in [3.05, 3.63) is 53.2 Å². The highest BCUT2D eigenvalue weighted by molar-refractivity contribution is 7.08. The van der Waals surface area contributed by atoms with Crippen molar-refractivity contribution < 1.29 is 4.79 Å². The lowest BCUT2D eigenvalue weighted by molar-refractivity contribution is 0.104. The Labute approximate surface area is 101 Å². The monoisotopic (exact) mass is 241 g/mol. The normalized spacial score (nSPS) is 10.6. The summed E-state index contributed by atoms with van der Waals surface area (Å²) in [6.07, 6.45) is 3.06. The molecule has 82 valence electrons. The summed E-state index contributed by atoms with van der Waals surface area (Å²) in [7, 11) is 0. The van der Waals surface area contributed by atoms with Crippen LogP contribution in [-0.4, -0.2) is 20.4 Å². The third-order valence-corrected chi connectivity index (χ3v) is 3.10. The van der Waals surface area contributed by atoms with Crippen LogP contribution in [0.3, 0.4) is 0 Å². The average molecular weight is 241 g/mol. The number of hydrogen-bond acceptors (Lipinski definition) is 5. The third-order valence-electron chi connectivity index (χ3n) is 2.44. The molecule has 0 saturated carbocycles. The lowest BCUT2D eigenvalue weighted by Crippen LogP contribution is -1.99. The van der Waals surface area contributed by atoms with Crippen molar-refractivity contribution in [3.8, 4) is 0 Å². The van der Waals surface area contributed by atoms with Crippen LogP contribution >= 0.6 is 11.5 Å². The molecule has 3 rings (SSSR count). The molecule has 0 saturated heterocycles. The number of fused-ring (bicyclic) bond motifs is 1. The van der Waals surface area contributed by atoms with Gasteiger partial charge in [0.15, 0.2) is 0 Å². The van der Waals surface area contributed by atoms with Gasteiger partial charge in [-0.3, -0.25) is 9.78 Å². The first kappa shape index (κ1) is 10.0. The number of hydrogen-bond donors (Lipinski definition) is 0. The maximum atomic E-state index is 12.0. The topological polar surface area (TPSA) is 55.7 Å². The first-order valence-corrected chi connectivity index (χ1v) is 5.79. The maximum absolute atomic E-state index is 12.0. The smallest absolute Gasteiger partial charge is 0.207 e. The number of aromatic nitrogens is 3. The van der Waals surface area contributed by atoms with E-state index in [1.807, 2.05) is 30.3 Å². The van der Waals surface area contributed by atoms with Crippen LogP contribution in [0.1, 0.15) is 15.2 Å². The van der Waals surface area contributed by atoms with Gasteiger partial charge in [-0.15, -0.1) is 5.10 Å². The van der Waals surface area contributed by atoms with Crippen LogP contribution in [0.5, 0.6) is 0 Å². The van der Waals surface area contributed by atoms with Crippen LogP contribution in [0.25, 0.3) is 10.9 Å². The molecule has 0 amide bonds. The molecule has 17 heavy (non-hydrogen) atoms. The van der Waals surface area contributed by atoms with E-state index in [-0.39, 0.29) is 5.78 Å². The van der Waals surface area contributed by atoms with Crippen molar-refractivity contribution in [2.24, 2.45) is 0 Å². The summed E-state index contributed by atoms with van der Waals surface area (Å²) >= 11 is 1.09. The van der Waals surface area contributed by atoms with Gasteiger partial charge in [-0.05, 0) is 23.7 Å². The second kappa shape index (κ2) is 4.03. The third kappa shape index (κ3) is 1.81. The molecule has 0 bridgehead atoms. The molecule has 2 aromatic heterocycles. The van der Waals surface area contributed by atoms with E-state index < -0.39 is 0 Å². The summed E-state index contributed by atoms with van der Waals surface area (Å²) in [5.41, 5.74) is 1.45. The van der Waals surface area contributed by atoms with Crippen molar-refractivity contribution in [1.29, 1.82) is 0 Å². The summed E-state index contributed by atoms with van der Waals surface area (Å²) in [4.78, 5) is 16.8. The Morgan fingerprint density at radius 1 is 1.18 bits per heavy atom. The largest absolute Gasteiger partial charge is 0.288 e. The number of pyridine rings is 1. The fourth-order valence-electron chi connectivity index (χ4n) is 1.60. The van der Waals surface area contributed by atoms with Gasteiger partial charge in [0.05, 0.1) is 11.7 Å². The minimum Gasteiger partial charge on any atom is -0.288 e. The lowest BCUT2D eigenvalue weighted by atomic mass is 10.1. The van der Waals surface area contributed by atoms with E-state index >= 15 is 0 Å². The van der Waals surface area contributed by atoms with Crippen molar-refractivity contribution in [2.45, 2.75) is 0 Å². The van der Waals surface area contributed by atoms with E-state index in [9.17, 15) is 4.79 Å². The number of para-hydroxylation sites is 1. The molecular weight excluding hydrogens is 234 g/mol.